The summed E-state index contributed by atoms with van der Waals surface area (Å²) >= 11 is 0. The van der Waals surface area contributed by atoms with Gasteiger partial charge in [0.1, 0.15) is 0 Å². The van der Waals surface area contributed by atoms with Gasteiger partial charge in [-0.3, -0.25) is 4.90 Å². The van der Waals surface area contributed by atoms with Gasteiger partial charge in [-0.05, 0) is 61.4 Å². The largest absolute Gasteiger partial charge is 0.298 e. The molecule has 0 N–H and O–H groups in total. The fourth-order valence-corrected chi connectivity index (χ4v) is 3.53. The minimum atomic E-state index is 1.00. The molecular weight excluding hydrogens is 290 g/mol. The van der Waals surface area contributed by atoms with E-state index in [1.54, 1.807) is 11.1 Å². The molecule has 0 saturated heterocycles. The highest BCUT2D eigenvalue weighted by Crippen LogP contribution is 2.22. The zero-order chi connectivity index (χ0) is 16.6. The number of hydrogen-bond donors (Lipinski definition) is 0. The maximum atomic E-state index is 2.45. The Kier molecular flexibility index (Phi) is 6.26. The van der Waals surface area contributed by atoms with Crippen molar-refractivity contribution in [1.29, 1.82) is 0 Å². The van der Waals surface area contributed by atoms with E-state index in [-0.39, 0.29) is 0 Å². The lowest BCUT2D eigenvalue weighted by molar-refractivity contribution is 0.363. The van der Waals surface area contributed by atoms with E-state index >= 15 is 0 Å². The molecule has 0 atom stereocenters. The van der Waals surface area contributed by atoms with Crippen molar-refractivity contribution < 1.29 is 0 Å². The second-order valence-corrected chi connectivity index (χ2v) is 7.02. The summed E-state index contributed by atoms with van der Waals surface area (Å²) in [6.07, 6.45) is 12.2. The summed E-state index contributed by atoms with van der Waals surface area (Å²) in [5.74, 6) is 0. The van der Waals surface area contributed by atoms with Gasteiger partial charge < -0.3 is 0 Å². The van der Waals surface area contributed by atoms with Crippen LogP contribution < -0.4 is 0 Å². The van der Waals surface area contributed by atoms with Crippen molar-refractivity contribution in [2.75, 3.05) is 13.6 Å². The summed E-state index contributed by atoms with van der Waals surface area (Å²) in [7, 11) is 2.21. The Labute approximate surface area is 147 Å². The summed E-state index contributed by atoms with van der Waals surface area (Å²) in [6.45, 7) is 2.03. The van der Waals surface area contributed by atoms with Crippen LogP contribution in [-0.4, -0.2) is 18.5 Å². The summed E-state index contributed by atoms with van der Waals surface area (Å²) in [5, 5.41) is 0. The molecule has 0 aliphatic heterocycles. The number of fused-ring (bicyclic) bond motifs is 1. The monoisotopic (exact) mass is 319 g/mol. The van der Waals surface area contributed by atoms with Crippen molar-refractivity contribution in [3.63, 3.8) is 0 Å². The van der Waals surface area contributed by atoms with E-state index in [4.69, 9.17) is 0 Å². The maximum absolute atomic E-state index is 2.45. The predicted octanol–water partition coefficient (Wildman–Crippen LogP) is 5.19. The molecular formula is C23H29N. The molecule has 0 saturated carbocycles. The molecule has 0 amide bonds. The standard InChI is InChI=1S/C23H29N/c1-24(17-9-8-12-20-10-4-2-5-11-20)19-21-15-16-22-13-6-3-7-14-23(22)18-21/h2,4-5,8-11,15-16,18H,3,6-7,12-14,17,19H2,1H3/b9-8+. The molecule has 0 unspecified atom stereocenters. The van der Waals surface area contributed by atoms with E-state index in [1.165, 1.54) is 43.2 Å². The SMILES string of the molecule is CN(C/C=C/Cc1ccccc1)Cc1ccc2c(c1)CCCCC2. The molecule has 126 valence electrons. The Morgan fingerprint density at radius 1 is 0.833 bits per heavy atom. The Bertz CT molecular complexity index is 657. The molecule has 1 heteroatoms. The van der Waals surface area contributed by atoms with Crippen molar-refractivity contribution in [1.82, 2.24) is 4.90 Å². The predicted molar refractivity (Wildman–Crippen MR) is 103 cm³/mol. The first-order valence-corrected chi connectivity index (χ1v) is 9.29. The van der Waals surface area contributed by atoms with Crippen LogP contribution in [0.5, 0.6) is 0 Å². The van der Waals surface area contributed by atoms with Gasteiger partial charge in [0.2, 0.25) is 0 Å². The molecule has 0 aromatic heterocycles. The number of nitrogens with zero attached hydrogens (tertiary/aromatic N) is 1. The molecule has 2 aromatic rings. The minimum absolute atomic E-state index is 1.00. The van der Waals surface area contributed by atoms with Gasteiger partial charge in [-0.15, -0.1) is 0 Å². The van der Waals surface area contributed by atoms with E-state index in [1.807, 2.05) is 0 Å². The number of likely N-dealkylation sites (N-methyl/N-ethyl adjacent to an activating group) is 1. The van der Waals surface area contributed by atoms with Crippen LogP contribution in [-0.2, 0) is 25.8 Å². The minimum Gasteiger partial charge on any atom is -0.298 e. The molecule has 0 bridgehead atoms. The van der Waals surface area contributed by atoms with E-state index in [9.17, 15) is 0 Å². The molecule has 0 heterocycles. The van der Waals surface area contributed by atoms with Crippen LogP contribution in [0.25, 0.3) is 0 Å². The number of hydrogen-bond acceptors (Lipinski definition) is 1. The Morgan fingerprint density at radius 3 is 2.46 bits per heavy atom. The lowest BCUT2D eigenvalue weighted by Gasteiger charge is -2.16. The summed E-state index contributed by atoms with van der Waals surface area (Å²) < 4.78 is 0. The van der Waals surface area contributed by atoms with Gasteiger partial charge in [-0.2, -0.15) is 0 Å². The van der Waals surface area contributed by atoms with Gasteiger partial charge in [0.25, 0.3) is 0 Å². The first-order chi connectivity index (χ1) is 11.8. The fraction of sp³-hybridized carbons (Fsp3) is 0.391. The first kappa shape index (κ1) is 17.0. The smallest absolute Gasteiger partial charge is 0.0234 e. The molecule has 2 aromatic carbocycles. The van der Waals surface area contributed by atoms with E-state index in [0.29, 0.717) is 0 Å². The highest BCUT2D eigenvalue weighted by Gasteiger charge is 2.09. The number of allylic oxidation sites excluding steroid dienone is 1. The van der Waals surface area contributed by atoms with Crippen LogP contribution in [0.3, 0.4) is 0 Å². The van der Waals surface area contributed by atoms with Gasteiger partial charge in [-0.1, -0.05) is 67.1 Å². The summed E-state index contributed by atoms with van der Waals surface area (Å²) in [6, 6.07) is 17.8. The topological polar surface area (TPSA) is 3.24 Å². The average molecular weight is 319 g/mol. The second-order valence-electron chi connectivity index (χ2n) is 7.02. The average Bonchev–Trinajstić information content (AvgIpc) is 2.84. The lowest BCUT2D eigenvalue weighted by atomic mass is 10.00. The van der Waals surface area contributed by atoms with Crippen LogP contribution in [0.2, 0.25) is 0 Å². The van der Waals surface area contributed by atoms with Gasteiger partial charge in [0, 0.05) is 13.1 Å². The third-order valence-corrected chi connectivity index (χ3v) is 4.90. The number of aryl methyl sites for hydroxylation is 2. The third kappa shape index (κ3) is 5.07. The van der Waals surface area contributed by atoms with Crippen molar-refractivity contribution in [3.8, 4) is 0 Å². The fourth-order valence-electron chi connectivity index (χ4n) is 3.53. The Balaban J connectivity index is 1.49. The molecule has 24 heavy (non-hydrogen) atoms. The second kappa shape index (κ2) is 8.84. The van der Waals surface area contributed by atoms with Crippen LogP contribution >= 0.6 is 0 Å². The van der Waals surface area contributed by atoms with Crippen molar-refractivity contribution >= 4 is 0 Å². The molecule has 0 radical (unpaired) electrons. The summed E-state index contributed by atoms with van der Waals surface area (Å²) in [4.78, 5) is 2.39. The van der Waals surface area contributed by atoms with Crippen molar-refractivity contribution in [2.45, 2.75) is 45.1 Å². The Hall–Kier alpha value is -1.86. The van der Waals surface area contributed by atoms with Gasteiger partial charge >= 0.3 is 0 Å². The normalized spacial score (nSPS) is 14.8. The van der Waals surface area contributed by atoms with E-state index < -0.39 is 0 Å². The zero-order valence-corrected chi connectivity index (χ0v) is 14.9. The molecule has 1 nitrogen and oxygen atoms in total. The van der Waals surface area contributed by atoms with Crippen LogP contribution in [0.15, 0.2) is 60.7 Å². The molecule has 1 aliphatic carbocycles. The highest BCUT2D eigenvalue weighted by atomic mass is 15.1. The summed E-state index contributed by atoms with van der Waals surface area (Å²) in [5.41, 5.74) is 6.01. The molecule has 3 rings (SSSR count). The molecule has 1 aliphatic rings. The van der Waals surface area contributed by atoms with E-state index in [0.717, 1.165) is 19.5 Å². The number of rotatable bonds is 6. The highest BCUT2D eigenvalue weighted by molar-refractivity contribution is 5.33. The van der Waals surface area contributed by atoms with Crippen LogP contribution in [0.1, 0.15) is 41.5 Å². The van der Waals surface area contributed by atoms with Crippen LogP contribution in [0.4, 0.5) is 0 Å². The van der Waals surface area contributed by atoms with Crippen molar-refractivity contribution in [3.05, 3.63) is 82.9 Å². The van der Waals surface area contributed by atoms with Gasteiger partial charge in [-0.25, -0.2) is 0 Å². The quantitative estimate of drug-likeness (QED) is 0.523. The number of benzene rings is 2. The van der Waals surface area contributed by atoms with Crippen molar-refractivity contribution in [2.24, 2.45) is 0 Å². The Morgan fingerprint density at radius 2 is 1.62 bits per heavy atom. The maximum Gasteiger partial charge on any atom is 0.0234 e. The molecule has 0 spiro atoms. The zero-order valence-electron chi connectivity index (χ0n) is 14.9. The van der Waals surface area contributed by atoms with Gasteiger partial charge in [0.05, 0.1) is 0 Å². The first-order valence-electron chi connectivity index (χ1n) is 9.29. The lowest BCUT2D eigenvalue weighted by Crippen LogP contribution is -2.17. The molecule has 0 fully saturated rings. The van der Waals surface area contributed by atoms with Gasteiger partial charge in [0.15, 0.2) is 0 Å². The van der Waals surface area contributed by atoms with Crippen LogP contribution in [0, 0.1) is 0 Å². The van der Waals surface area contributed by atoms with E-state index in [2.05, 4.69) is 72.6 Å². The third-order valence-electron chi connectivity index (χ3n) is 4.90.